The van der Waals surface area contributed by atoms with Crippen molar-refractivity contribution in [1.29, 1.82) is 0 Å². The van der Waals surface area contributed by atoms with Crippen LogP contribution in [0.1, 0.15) is 43.4 Å². The lowest BCUT2D eigenvalue weighted by molar-refractivity contribution is 0.134. The summed E-state index contributed by atoms with van der Waals surface area (Å²) in [6.07, 6.45) is 12.0. The molecule has 0 saturated carbocycles. The normalized spacial score (nSPS) is 19.1. The number of aromatic nitrogens is 2. The van der Waals surface area contributed by atoms with E-state index in [0.29, 0.717) is 0 Å². The highest BCUT2D eigenvalue weighted by Gasteiger charge is 2.21. The van der Waals surface area contributed by atoms with Gasteiger partial charge in [0, 0.05) is 18.8 Å². The molecule has 1 aromatic carbocycles. The minimum atomic E-state index is 0.752. The highest BCUT2D eigenvalue weighted by atomic mass is 15.2. The van der Waals surface area contributed by atoms with E-state index in [2.05, 4.69) is 57.9 Å². The van der Waals surface area contributed by atoms with Gasteiger partial charge < -0.3 is 9.47 Å². The molecule has 1 aliphatic rings. The Kier molecular flexibility index (Phi) is 5.87. The van der Waals surface area contributed by atoms with Crippen molar-refractivity contribution in [2.24, 2.45) is 0 Å². The van der Waals surface area contributed by atoms with Gasteiger partial charge in [-0.15, -0.1) is 0 Å². The topological polar surface area (TPSA) is 21.1 Å². The van der Waals surface area contributed by atoms with E-state index in [-0.39, 0.29) is 0 Å². The largest absolute Gasteiger partial charge is 0.337 e. The molecule has 1 atom stereocenters. The van der Waals surface area contributed by atoms with Gasteiger partial charge in [0.2, 0.25) is 0 Å². The number of hydrogen-bond acceptors (Lipinski definition) is 2. The Labute approximate surface area is 140 Å². The Morgan fingerprint density at radius 1 is 1.13 bits per heavy atom. The average molecular weight is 311 g/mol. The van der Waals surface area contributed by atoms with Crippen LogP contribution in [0.5, 0.6) is 0 Å². The molecule has 23 heavy (non-hydrogen) atoms. The quantitative estimate of drug-likeness (QED) is 0.768. The molecule has 124 valence electrons. The first-order chi connectivity index (χ1) is 11.3. The second kappa shape index (κ2) is 8.30. The predicted octanol–water partition coefficient (Wildman–Crippen LogP) is 4.07. The zero-order valence-corrected chi connectivity index (χ0v) is 14.3. The molecule has 3 rings (SSSR count). The van der Waals surface area contributed by atoms with Crippen LogP contribution in [-0.4, -0.2) is 33.6 Å². The van der Waals surface area contributed by atoms with Crippen LogP contribution in [-0.2, 0) is 13.0 Å². The molecule has 1 aliphatic heterocycles. The van der Waals surface area contributed by atoms with Crippen molar-refractivity contribution in [2.75, 3.05) is 13.1 Å². The van der Waals surface area contributed by atoms with Crippen LogP contribution < -0.4 is 0 Å². The molecule has 3 nitrogen and oxygen atoms in total. The third-order valence-corrected chi connectivity index (χ3v) is 4.99. The average Bonchev–Trinajstić information content (AvgIpc) is 3.00. The van der Waals surface area contributed by atoms with Crippen LogP contribution in [0.2, 0.25) is 0 Å². The van der Waals surface area contributed by atoms with E-state index in [0.717, 1.165) is 18.3 Å². The van der Waals surface area contributed by atoms with Crippen molar-refractivity contribution in [3.8, 4) is 0 Å². The van der Waals surface area contributed by atoms with Crippen LogP contribution in [0, 0.1) is 6.92 Å². The summed E-state index contributed by atoms with van der Waals surface area (Å²) in [5.41, 5.74) is 2.59. The smallest absolute Gasteiger partial charge is 0.0949 e. The fraction of sp³-hybridized carbons (Fsp3) is 0.550. The van der Waals surface area contributed by atoms with Gasteiger partial charge in [-0.05, 0) is 57.7 Å². The first kappa shape index (κ1) is 16.3. The number of hydrogen-bond donors (Lipinski definition) is 0. The minimum Gasteiger partial charge on any atom is -0.337 e. The fourth-order valence-electron chi connectivity index (χ4n) is 3.70. The van der Waals surface area contributed by atoms with Crippen LogP contribution in [0.3, 0.4) is 0 Å². The molecule has 1 aromatic heterocycles. The Balaban J connectivity index is 1.46. The fourth-order valence-corrected chi connectivity index (χ4v) is 3.70. The number of piperidine rings is 1. The summed E-state index contributed by atoms with van der Waals surface area (Å²) in [5.74, 6) is 0. The minimum absolute atomic E-state index is 0.752. The second-order valence-electron chi connectivity index (χ2n) is 6.82. The lowest BCUT2D eigenvalue weighted by Crippen LogP contribution is -2.40. The SMILES string of the molecule is Cc1cn(CCC2CCCCN2CCCc2ccccc2)cn1. The summed E-state index contributed by atoms with van der Waals surface area (Å²) < 4.78 is 2.24. The molecule has 2 aromatic rings. The maximum absolute atomic E-state index is 4.33. The Bertz CT molecular complexity index is 576. The Hall–Kier alpha value is -1.61. The molecule has 0 spiro atoms. The van der Waals surface area contributed by atoms with Crippen molar-refractivity contribution in [3.63, 3.8) is 0 Å². The van der Waals surface area contributed by atoms with E-state index in [1.807, 2.05) is 6.33 Å². The van der Waals surface area contributed by atoms with Crippen LogP contribution >= 0.6 is 0 Å². The van der Waals surface area contributed by atoms with E-state index < -0.39 is 0 Å². The van der Waals surface area contributed by atoms with Crippen molar-refractivity contribution < 1.29 is 0 Å². The monoisotopic (exact) mass is 311 g/mol. The zero-order valence-electron chi connectivity index (χ0n) is 14.3. The highest BCUT2D eigenvalue weighted by Crippen LogP contribution is 2.21. The Morgan fingerprint density at radius 3 is 2.78 bits per heavy atom. The van der Waals surface area contributed by atoms with Gasteiger partial charge in [0.1, 0.15) is 0 Å². The molecular weight excluding hydrogens is 282 g/mol. The first-order valence-corrected chi connectivity index (χ1v) is 9.07. The lowest BCUT2D eigenvalue weighted by atomic mass is 9.98. The van der Waals surface area contributed by atoms with Crippen LogP contribution in [0.15, 0.2) is 42.9 Å². The summed E-state index contributed by atoms with van der Waals surface area (Å²) in [4.78, 5) is 7.06. The third-order valence-electron chi connectivity index (χ3n) is 4.99. The van der Waals surface area contributed by atoms with Crippen molar-refractivity contribution in [3.05, 3.63) is 54.1 Å². The number of benzene rings is 1. The number of nitrogens with zero attached hydrogens (tertiary/aromatic N) is 3. The molecule has 1 saturated heterocycles. The van der Waals surface area contributed by atoms with E-state index in [1.165, 1.54) is 57.2 Å². The standard InChI is InChI=1S/C20H29N3/c1-18-16-22(17-21-18)15-12-20-11-5-6-13-23(20)14-7-10-19-8-3-2-4-9-19/h2-4,8-9,16-17,20H,5-7,10-15H2,1H3. The number of imidazole rings is 1. The second-order valence-corrected chi connectivity index (χ2v) is 6.82. The van der Waals surface area contributed by atoms with Gasteiger partial charge in [0.25, 0.3) is 0 Å². The lowest BCUT2D eigenvalue weighted by Gasteiger charge is -2.36. The van der Waals surface area contributed by atoms with Crippen molar-refractivity contribution in [2.45, 2.75) is 58.0 Å². The number of rotatable bonds is 7. The van der Waals surface area contributed by atoms with E-state index >= 15 is 0 Å². The molecule has 0 bridgehead atoms. The van der Waals surface area contributed by atoms with E-state index in [9.17, 15) is 0 Å². The van der Waals surface area contributed by atoms with Gasteiger partial charge in [0.15, 0.2) is 0 Å². The number of aryl methyl sites for hydroxylation is 3. The van der Waals surface area contributed by atoms with Gasteiger partial charge in [-0.2, -0.15) is 0 Å². The molecule has 0 radical (unpaired) electrons. The molecule has 3 heteroatoms. The molecule has 0 N–H and O–H groups in total. The maximum Gasteiger partial charge on any atom is 0.0949 e. The van der Waals surface area contributed by atoms with Crippen molar-refractivity contribution >= 4 is 0 Å². The van der Waals surface area contributed by atoms with Gasteiger partial charge >= 0.3 is 0 Å². The van der Waals surface area contributed by atoms with Crippen LogP contribution in [0.4, 0.5) is 0 Å². The molecule has 1 unspecified atom stereocenters. The summed E-state index contributed by atoms with van der Waals surface area (Å²) in [5, 5.41) is 0. The summed E-state index contributed by atoms with van der Waals surface area (Å²) in [7, 11) is 0. The molecule has 1 fully saturated rings. The first-order valence-electron chi connectivity index (χ1n) is 9.07. The maximum atomic E-state index is 4.33. The molecule has 0 amide bonds. The molecular formula is C20H29N3. The predicted molar refractivity (Wildman–Crippen MR) is 95.6 cm³/mol. The van der Waals surface area contributed by atoms with Crippen LogP contribution in [0.25, 0.3) is 0 Å². The van der Waals surface area contributed by atoms with E-state index in [1.54, 1.807) is 0 Å². The van der Waals surface area contributed by atoms with Gasteiger partial charge in [-0.25, -0.2) is 4.98 Å². The van der Waals surface area contributed by atoms with Crippen molar-refractivity contribution in [1.82, 2.24) is 14.5 Å². The molecule has 0 aliphatic carbocycles. The summed E-state index contributed by atoms with van der Waals surface area (Å²) in [6.45, 7) is 5.68. The third kappa shape index (κ3) is 4.93. The zero-order chi connectivity index (χ0) is 15.9. The van der Waals surface area contributed by atoms with Gasteiger partial charge in [0.05, 0.1) is 12.0 Å². The molecule has 2 heterocycles. The van der Waals surface area contributed by atoms with Gasteiger partial charge in [-0.3, -0.25) is 0 Å². The van der Waals surface area contributed by atoms with Gasteiger partial charge in [-0.1, -0.05) is 36.8 Å². The highest BCUT2D eigenvalue weighted by molar-refractivity contribution is 5.14. The number of likely N-dealkylation sites (tertiary alicyclic amines) is 1. The Morgan fingerprint density at radius 2 is 2.00 bits per heavy atom. The van der Waals surface area contributed by atoms with E-state index in [4.69, 9.17) is 0 Å². The summed E-state index contributed by atoms with van der Waals surface area (Å²) in [6, 6.07) is 11.6. The summed E-state index contributed by atoms with van der Waals surface area (Å²) >= 11 is 0.